The number of carbonyl (C=O) groups is 2. The van der Waals surface area contributed by atoms with Gasteiger partial charge in [-0.15, -0.1) is 0 Å². The first-order valence-electron chi connectivity index (χ1n) is 27.2. The Labute approximate surface area is 423 Å². The maximum Gasteiger partial charge on any atom is 0.306 e. The molecule has 0 spiro atoms. The zero-order valence-electron chi connectivity index (χ0n) is 44.7. The van der Waals surface area contributed by atoms with E-state index < -0.39 is 32.5 Å². The Kier molecular flexibility index (Phi) is 46.0. The van der Waals surface area contributed by atoms with Crippen molar-refractivity contribution >= 4 is 19.7 Å². The molecule has 69 heavy (non-hydrogen) atoms. The van der Waals surface area contributed by atoms with Crippen molar-refractivity contribution in [2.45, 2.75) is 213 Å². The van der Waals surface area contributed by atoms with Gasteiger partial charge >= 0.3 is 5.97 Å². The number of amides is 1. The van der Waals surface area contributed by atoms with Gasteiger partial charge in [-0.1, -0.05) is 208 Å². The second kappa shape index (κ2) is 48.3. The minimum atomic E-state index is -4.73. The number of hydrogen-bond acceptors (Lipinski definition) is 7. The van der Waals surface area contributed by atoms with Crippen molar-refractivity contribution in [3.05, 3.63) is 109 Å². The van der Waals surface area contributed by atoms with Gasteiger partial charge < -0.3 is 28.5 Å². The molecule has 394 valence electrons. The summed E-state index contributed by atoms with van der Waals surface area (Å²) in [6.45, 7) is 6.58. The number of unbranched alkanes of at least 4 members (excludes halogenated alkanes) is 15. The highest BCUT2D eigenvalue weighted by Gasteiger charge is 2.27. The lowest BCUT2D eigenvalue weighted by molar-refractivity contribution is -0.870. The Morgan fingerprint density at radius 1 is 0.522 bits per heavy atom. The van der Waals surface area contributed by atoms with Gasteiger partial charge in [0.2, 0.25) is 5.91 Å². The second-order valence-electron chi connectivity index (χ2n) is 19.0. The largest absolute Gasteiger partial charge is 0.756 e. The van der Waals surface area contributed by atoms with Crippen molar-refractivity contribution in [3.63, 3.8) is 0 Å². The number of phosphoric ester groups is 1. The average molecular weight is 981 g/mol. The number of esters is 1. The Bertz CT molecular complexity index is 1550. The minimum absolute atomic E-state index is 0.0481. The zero-order chi connectivity index (χ0) is 50.8. The summed E-state index contributed by atoms with van der Waals surface area (Å²) in [4.78, 5) is 39.6. The fourth-order valence-corrected chi connectivity index (χ4v) is 7.73. The summed E-state index contributed by atoms with van der Waals surface area (Å²) >= 11 is 0. The zero-order valence-corrected chi connectivity index (χ0v) is 45.6. The molecule has 1 amide bonds. The van der Waals surface area contributed by atoms with Crippen LogP contribution in [0.15, 0.2) is 109 Å². The summed E-state index contributed by atoms with van der Waals surface area (Å²) in [5, 5.41) is 2.94. The third-order valence-electron chi connectivity index (χ3n) is 11.2. The van der Waals surface area contributed by atoms with E-state index in [4.69, 9.17) is 13.8 Å². The monoisotopic (exact) mass is 981 g/mol. The molecule has 0 bridgehead atoms. The smallest absolute Gasteiger partial charge is 0.306 e. The highest BCUT2D eigenvalue weighted by molar-refractivity contribution is 7.45. The molecular weight excluding hydrogens is 880 g/mol. The van der Waals surface area contributed by atoms with Crippen molar-refractivity contribution in [3.8, 4) is 0 Å². The number of nitrogens with one attached hydrogen (secondary N) is 1. The molecule has 0 aliphatic rings. The molecule has 0 radical (unpaired) electrons. The summed E-state index contributed by atoms with van der Waals surface area (Å²) in [6.07, 6.45) is 65.2. The molecule has 1 N–H and O–H groups in total. The lowest BCUT2D eigenvalue weighted by atomic mass is 10.1. The summed E-state index contributed by atoms with van der Waals surface area (Å²) in [5.74, 6) is -0.728. The van der Waals surface area contributed by atoms with Crippen molar-refractivity contribution in [2.75, 3.05) is 40.9 Å². The lowest BCUT2D eigenvalue weighted by Gasteiger charge is -2.30. The molecular formula is C59H101N2O7P. The Balaban J connectivity index is 5.56. The fraction of sp³-hybridized carbons (Fsp3) is 0.661. The predicted octanol–water partition coefficient (Wildman–Crippen LogP) is 15.6. The first kappa shape index (κ1) is 65.7. The maximum absolute atomic E-state index is 13.4. The Morgan fingerprint density at radius 2 is 0.928 bits per heavy atom. The average Bonchev–Trinajstić information content (AvgIpc) is 3.31. The molecule has 0 aromatic rings. The number of ether oxygens (including phenoxy) is 1. The van der Waals surface area contributed by atoms with Gasteiger partial charge in [0.1, 0.15) is 19.3 Å². The van der Waals surface area contributed by atoms with Gasteiger partial charge in [-0.3, -0.25) is 14.2 Å². The minimum Gasteiger partial charge on any atom is -0.756 e. The Morgan fingerprint density at radius 3 is 1.39 bits per heavy atom. The molecule has 0 fully saturated rings. The van der Waals surface area contributed by atoms with Gasteiger partial charge in [0.15, 0.2) is 0 Å². The standard InChI is InChI=1S/C59H101N2O7P/c1-7-10-13-16-19-22-25-27-28-29-30-31-32-34-37-40-43-46-49-52-59(63)68-57(50-47-44-41-38-35-24-21-18-15-12-9-3)56(55-67-69(64,65)66-54-53-61(4,5)6)60-58(62)51-48-45-42-39-36-33-26-23-20-17-14-11-8-2/h10,13,19,22,27-28,30-31,33-34,36-37,42-43,45-47,50,56-57H,7-9,11-12,14-18,20-21,23-26,29,32,35,38-41,44,48-49,51-55H2,1-6H3,(H-,60,62,64,65)/b13-10-,22-19-,28-27-,31-30-,36-33-,37-34-,45-42+,46-43-,50-47-. The topological polar surface area (TPSA) is 114 Å². The first-order valence-corrected chi connectivity index (χ1v) is 28.7. The molecule has 0 aromatic heterocycles. The molecule has 0 aliphatic carbocycles. The van der Waals surface area contributed by atoms with Crippen molar-refractivity contribution in [1.82, 2.24) is 5.32 Å². The van der Waals surface area contributed by atoms with Gasteiger partial charge in [0.05, 0.1) is 33.8 Å². The van der Waals surface area contributed by atoms with E-state index in [2.05, 4.69) is 105 Å². The molecule has 0 saturated carbocycles. The molecule has 0 saturated heterocycles. The summed E-state index contributed by atoms with van der Waals surface area (Å²) in [5.41, 5.74) is 0. The third-order valence-corrected chi connectivity index (χ3v) is 12.2. The highest BCUT2D eigenvalue weighted by Crippen LogP contribution is 2.38. The number of carbonyl (C=O) groups excluding carboxylic acids is 2. The molecule has 3 unspecified atom stereocenters. The highest BCUT2D eigenvalue weighted by atomic mass is 31.2. The van der Waals surface area contributed by atoms with Gasteiger partial charge in [0, 0.05) is 12.8 Å². The lowest BCUT2D eigenvalue weighted by Crippen LogP contribution is -2.47. The van der Waals surface area contributed by atoms with E-state index in [0.717, 1.165) is 70.6 Å². The van der Waals surface area contributed by atoms with Crippen LogP contribution < -0.4 is 10.2 Å². The van der Waals surface area contributed by atoms with Gasteiger partial charge in [-0.25, -0.2) is 0 Å². The predicted molar refractivity (Wildman–Crippen MR) is 293 cm³/mol. The van der Waals surface area contributed by atoms with Crippen LogP contribution in [0.1, 0.15) is 201 Å². The molecule has 0 heterocycles. The van der Waals surface area contributed by atoms with Crippen LogP contribution in [0.25, 0.3) is 0 Å². The van der Waals surface area contributed by atoms with Crippen LogP contribution in [0.2, 0.25) is 0 Å². The van der Waals surface area contributed by atoms with Gasteiger partial charge in [-0.05, 0) is 89.5 Å². The molecule has 9 nitrogen and oxygen atoms in total. The summed E-state index contributed by atoms with van der Waals surface area (Å²) in [6, 6.07) is -0.954. The van der Waals surface area contributed by atoms with E-state index in [-0.39, 0.29) is 25.4 Å². The number of nitrogens with zero attached hydrogens (tertiary/aromatic N) is 1. The van der Waals surface area contributed by atoms with Crippen molar-refractivity contribution in [2.24, 2.45) is 0 Å². The van der Waals surface area contributed by atoms with E-state index in [9.17, 15) is 19.0 Å². The van der Waals surface area contributed by atoms with Crippen LogP contribution in [-0.2, 0) is 27.9 Å². The Hall–Kier alpha value is -3.33. The summed E-state index contributed by atoms with van der Waals surface area (Å²) in [7, 11) is 1.10. The van der Waals surface area contributed by atoms with E-state index in [1.54, 1.807) is 6.08 Å². The number of allylic oxidation sites excluding steroid dienone is 17. The van der Waals surface area contributed by atoms with E-state index in [0.29, 0.717) is 23.9 Å². The maximum atomic E-state index is 13.4. The van der Waals surface area contributed by atoms with E-state index >= 15 is 0 Å². The summed E-state index contributed by atoms with van der Waals surface area (Å²) < 4.78 is 30.0. The SMILES string of the molecule is CC/C=C\C/C=C\C/C=C\C/C=C\C/C=C\C/C=C\CCC(=O)OC(/C=C\CCCCCCCCCCC)C(COP(=O)([O-])OCC[N+](C)(C)C)NC(=O)CC/C=C/C/C=C\CCCCCCCC. The van der Waals surface area contributed by atoms with E-state index in [1.807, 2.05) is 45.4 Å². The number of rotatable bonds is 47. The number of phosphoric acid groups is 1. The number of likely N-dealkylation sites (N-methyl/N-ethyl adjacent to an activating group) is 1. The molecule has 0 aromatic carbocycles. The van der Waals surface area contributed by atoms with Gasteiger partial charge in [0.25, 0.3) is 7.82 Å². The quantitative estimate of drug-likeness (QED) is 0.0212. The molecule has 0 rings (SSSR count). The van der Waals surface area contributed by atoms with Crippen LogP contribution in [0.3, 0.4) is 0 Å². The third kappa shape index (κ3) is 49.4. The molecule has 10 heteroatoms. The van der Waals surface area contributed by atoms with Crippen LogP contribution in [0.5, 0.6) is 0 Å². The van der Waals surface area contributed by atoms with Crippen LogP contribution >= 0.6 is 7.82 Å². The van der Waals surface area contributed by atoms with Crippen LogP contribution in [0.4, 0.5) is 0 Å². The molecule has 3 atom stereocenters. The normalized spacial score (nSPS) is 14.7. The molecule has 0 aliphatic heterocycles. The van der Waals surface area contributed by atoms with Gasteiger partial charge in [-0.2, -0.15) is 0 Å². The van der Waals surface area contributed by atoms with E-state index in [1.165, 1.54) is 83.5 Å². The first-order chi connectivity index (χ1) is 33.4. The second-order valence-corrected chi connectivity index (χ2v) is 20.4. The van der Waals surface area contributed by atoms with Crippen LogP contribution in [0, 0.1) is 0 Å². The number of quaternary nitrogens is 1. The fourth-order valence-electron chi connectivity index (χ4n) is 7.01. The van der Waals surface area contributed by atoms with Crippen molar-refractivity contribution < 1.29 is 37.3 Å². The van der Waals surface area contributed by atoms with Crippen molar-refractivity contribution in [1.29, 1.82) is 0 Å². The van der Waals surface area contributed by atoms with Crippen LogP contribution in [-0.4, -0.2) is 69.4 Å². The number of hydrogen-bond donors (Lipinski definition) is 1.